The quantitative estimate of drug-likeness (QED) is 0.0622. The monoisotopic (exact) mass is 590 g/mol. The number of amides is 5. The van der Waals surface area contributed by atoms with Crippen molar-refractivity contribution < 1.29 is 58.8 Å². The minimum atomic E-state index is -1.65. The van der Waals surface area contributed by atoms with Crippen molar-refractivity contribution in [2.75, 3.05) is 19.6 Å². The van der Waals surface area contributed by atoms with Crippen molar-refractivity contribution in [3.63, 3.8) is 0 Å². The maximum absolute atomic E-state index is 12.1. The van der Waals surface area contributed by atoms with Crippen LogP contribution in [0.25, 0.3) is 0 Å². The SMILES string of the molecule is NCCCC(=O)N[C@@H](CCC(=O)CCCNC(=O)N[C@@H](CCCNC(=O)N[C@@H](CC(=O)O)C(=O)O)C(=O)O)C(=O)O. The Morgan fingerprint density at radius 1 is 0.585 bits per heavy atom. The molecule has 0 aliphatic carbocycles. The summed E-state index contributed by atoms with van der Waals surface area (Å²) in [5.74, 6) is -6.36. The number of carboxylic acids is 4. The lowest BCUT2D eigenvalue weighted by Crippen LogP contribution is -2.48. The van der Waals surface area contributed by atoms with Gasteiger partial charge in [-0.2, -0.15) is 0 Å². The third kappa shape index (κ3) is 18.4. The van der Waals surface area contributed by atoms with Crippen molar-refractivity contribution in [1.29, 1.82) is 0 Å². The Bertz CT molecular complexity index is 944. The summed E-state index contributed by atoms with van der Waals surface area (Å²) in [5, 5.41) is 47.3. The summed E-state index contributed by atoms with van der Waals surface area (Å²) in [4.78, 5) is 91.8. The van der Waals surface area contributed by atoms with Crippen LogP contribution in [0.4, 0.5) is 9.59 Å². The second-order valence-electron chi connectivity index (χ2n) is 8.85. The molecule has 41 heavy (non-hydrogen) atoms. The average Bonchev–Trinajstić information content (AvgIpc) is 2.88. The number of nitrogens with two attached hydrogens (primary N) is 1. The summed E-state index contributed by atoms with van der Waals surface area (Å²) in [6, 6.07) is -5.98. The van der Waals surface area contributed by atoms with Crippen LogP contribution in [0.3, 0.4) is 0 Å². The number of carbonyl (C=O) groups excluding carboxylic acids is 4. The summed E-state index contributed by atoms with van der Waals surface area (Å²) >= 11 is 0. The predicted molar refractivity (Wildman–Crippen MR) is 139 cm³/mol. The van der Waals surface area contributed by atoms with Crippen LogP contribution in [0.15, 0.2) is 0 Å². The van der Waals surface area contributed by atoms with E-state index in [2.05, 4.69) is 21.3 Å². The molecule has 0 aromatic heterocycles. The van der Waals surface area contributed by atoms with Gasteiger partial charge in [0.2, 0.25) is 5.91 Å². The van der Waals surface area contributed by atoms with Crippen molar-refractivity contribution in [2.24, 2.45) is 5.73 Å². The molecule has 0 radical (unpaired) electrons. The van der Waals surface area contributed by atoms with Crippen molar-refractivity contribution >= 4 is 47.6 Å². The van der Waals surface area contributed by atoms with Gasteiger partial charge in [0.25, 0.3) is 0 Å². The van der Waals surface area contributed by atoms with Gasteiger partial charge in [0, 0.05) is 32.4 Å². The standard InChI is InChI=1S/C23H38N6O12/c24-9-1-6-17(31)27-15(20(36)37)8-7-13(30)4-2-10-25-22(40)28-14(19(34)35)5-3-11-26-23(41)29-16(21(38)39)12-18(32)33/h14-16H,1-12,24H2,(H,27,31)(H,32,33)(H,34,35)(H,36,37)(H,38,39)(H2,25,28,40)(H2,26,29,41)/t14-,15-,16-/m0/s1. The van der Waals surface area contributed by atoms with Crippen molar-refractivity contribution in [3.8, 4) is 0 Å². The number of Topliss-reactive ketones (excluding diaryl/α,β-unsaturated/α-hetero) is 1. The zero-order valence-corrected chi connectivity index (χ0v) is 22.3. The maximum atomic E-state index is 12.1. The molecule has 0 spiro atoms. The molecule has 0 rings (SSSR count). The van der Waals surface area contributed by atoms with E-state index in [9.17, 15) is 48.6 Å². The number of hydrogen-bond donors (Lipinski definition) is 10. The third-order valence-corrected chi connectivity index (χ3v) is 5.41. The van der Waals surface area contributed by atoms with Crippen LogP contribution in [0.1, 0.15) is 57.8 Å². The molecule has 0 fully saturated rings. The fourth-order valence-electron chi connectivity index (χ4n) is 3.26. The number of hydrogen-bond acceptors (Lipinski definition) is 9. The first-order chi connectivity index (χ1) is 19.3. The van der Waals surface area contributed by atoms with E-state index in [-0.39, 0.29) is 70.4 Å². The van der Waals surface area contributed by atoms with Crippen LogP contribution in [0, 0.1) is 0 Å². The topological polar surface area (TPSA) is 304 Å². The lowest BCUT2D eigenvalue weighted by molar-refractivity contribution is -0.145. The Labute approximate surface area is 234 Å². The highest BCUT2D eigenvalue weighted by Crippen LogP contribution is 2.04. The predicted octanol–water partition coefficient (Wildman–Crippen LogP) is -1.82. The number of carbonyl (C=O) groups is 8. The Hall–Kier alpha value is -4.48. The van der Waals surface area contributed by atoms with Crippen LogP contribution in [0.2, 0.25) is 0 Å². The van der Waals surface area contributed by atoms with E-state index in [0.717, 1.165) is 0 Å². The largest absolute Gasteiger partial charge is 0.481 e. The van der Waals surface area contributed by atoms with E-state index in [0.29, 0.717) is 6.42 Å². The molecular weight excluding hydrogens is 552 g/mol. The van der Waals surface area contributed by atoms with Crippen LogP contribution in [-0.4, -0.2) is 106 Å². The van der Waals surface area contributed by atoms with Gasteiger partial charge < -0.3 is 52.7 Å². The van der Waals surface area contributed by atoms with Crippen LogP contribution in [0.5, 0.6) is 0 Å². The molecule has 18 nitrogen and oxygen atoms in total. The van der Waals surface area contributed by atoms with Crippen molar-refractivity contribution in [2.45, 2.75) is 75.9 Å². The third-order valence-electron chi connectivity index (χ3n) is 5.41. The summed E-state index contributed by atoms with van der Waals surface area (Å²) in [6.07, 6.45) is -0.397. The van der Waals surface area contributed by atoms with Gasteiger partial charge in [0.15, 0.2) is 0 Å². The minimum absolute atomic E-state index is 0.0129. The summed E-state index contributed by atoms with van der Waals surface area (Å²) < 4.78 is 0. The van der Waals surface area contributed by atoms with Gasteiger partial charge in [-0.15, -0.1) is 0 Å². The molecule has 0 heterocycles. The summed E-state index contributed by atoms with van der Waals surface area (Å²) in [6.45, 7) is 0.201. The molecule has 0 aliphatic rings. The molecule has 3 atom stereocenters. The average molecular weight is 591 g/mol. The van der Waals surface area contributed by atoms with Gasteiger partial charge in [0.1, 0.15) is 23.9 Å². The molecular formula is C23H38N6O12. The molecule has 11 N–H and O–H groups in total. The first-order valence-electron chi connectivity index (χ1n) is 12.8. The molecule has 0 unspecified atom stereocenters. The lowest BCUT2D eigenvalue weighted by Gasteiger charge is -2.16. The van der Waals surface area contributed by atoms with E-state index in [4.69, 9.17) is 15.9 Å². The Morgan fingerprint density at radius 3 is 1.61 bits per heavy atom. The Kier molecular flexibility index (Phi) is 18.2. The van der Waals surface area contributed by atoms with E-state index >= 15 is 0 Å². The van der Waals surface area contributed by atoms with E-state index in [1.807, 2.05) is 5.32 Å². The van der Waals surface area contributed by atoms with Gasteiger partial charge in [-0.3, -0.25) is 14.4 Å². The summed E-state index contributed by atoms with van der Waals surface area (Å²) in [7, 11) is 0. The van der Waals surface area contributed by atoms with Gasteiger partial charge in [0.05, 0.1) is 6.42 Å². The zero-order valence-electron chi connectivity index (χ0n) is 22.3. The Balaban J connectivity index is 4.33. The second-order valence-corrected chi connectivity index (χ2v) is 8.85. The fourth-order valence-corrected chi connectivity index (χ4v) is 3.26. The molecule has 0 saturated heterocycles. The van der Waals surface area contributed by atoms with Gasteiger partial charge in [-0.25, -0.2) is 24.0 Å². The fraction of sp³-hybridized carbons (Fsp3) is 0.652. The molecule has 0 bridgehead atoms. The van der Waals surface area contributed by atoms with Crippen LogP contribution >= 0.6 is 0 Å². The van der Waals surface area contributed by atoms with Crippen molar-refractivity contribution in [3.05, 3.63) is 0 Å². The first-order valence-corrected chi connectivity index (χ1v) is 12.8. The van der Waals surface area contributed by atoms with Gasteiger partial charge in [-0.1, -0.05) is 0 Å². The zero-order chi connectivity index (χ0) is 31.4. The lowest BCUT2D eigenvalue weighted by atomic mass is 10.1. The Morgan fingerprint density at radius 2 is 1.10 bits per heavy atom. The van der Waals surface area contributed by atoms with E-state index < -0.39 is 66.4 Å². The van der Waals surface area contributed by atoms with E-state index in [1.54, 1.807) is 0 Å². The van der Waals surface area contributed by atoms with Crippen LogP contribution < -0.4 is 32.3 Å². The highest BCUT2D eigenvalue weighted by Gasteiger charge is 2.24. The molecule has 18 heteroatoms. The van der Waals surface area contributed by atoms with Crippen LogP contribution in [-0.2, 0) is 28.8 Å². The highest BCUT2D eigenvalue weighted by atomic mass is 16.4. The number of aliphatic carboxylic acids is 4. The molecule has 232 valence electrons. The second kappa shape index (κ2) is 20.4. The number of urea groups is 2. The normalized spacial score (nSPS) is 12.6. The van der Waals surface area contributed by atoms with Crippen molar-refractivity contribution in [1.82, 2.24) is 26.6 Å². The molecule has 0 aromatic rings. The highest BCUT2D eigenvalue weighted by molar-refractivity contribution is 5.86. The smallest absolute Gasteiger partial charge is 0.326 e. The number of ketones is 1. The summed E-state index contributed by atoms with van der Waals surface area (Å²) in [5.41, 5.74) is 5.30. The molecule has 0 aromatic carbocycles. The number of carboxylic acid groups (broad SMARTS) is 4. The maximum Gasteiger partial charge on any atom is 0.326 e. The molecule has 0 saturated carbocycles. The van der Waals surface area contributed by atoms with Gasteiger partial charge in [-0.05, 0) is 38.6 Å². The van der Waals surface area contributed by atoms with E-state index in [1.165, 1.54) is 0 Å². The minimum Gasteiger partial charge on any atom is -0.481 e. The number of rotatable bonds is 22. The van der Waals surface area contributed by atoms with Gasteiger partial charge >= 0.3 is 35.9 Å². The first kappa shape index (κ1) is 36.5. The molecule has 5 amide bonds. The molecule has 0 aliphatic heterocycles. The number of nitrogens with one attached hydrogen (secondary N) is 5.